The molecule has 0 bridgehead atoms. The Balaban J connectivity index is 1.40. The molecule has 2 atom stereocenters. The lowest BCUT2D eigenvalue weighted by molar-refractivity contribution is -0.142. The van der Waals surface area contributed by atoms with Crippen LogP contribution in [-0.4, -0.2) is 36.4 Å². The quantitative estimate of drug-likeness (QED) is 0.282. The molecule has 0 spiro atoms. The van der Waals surface area contributed by atoms with E-state index in [1.807, 2.05) is 42.5 Å². The molecule has 1 aliphatic carbocycles. The number of carboxylic acid groups (broad SMARTS) is 1. The van der Waals surface area contributed by atoms with E-state index < -0.39 is 27.4 Å². The number of carboxylic acids is 1. The van der Waals surface area contributed by atoms with Gasteiger partial charge in [-0.1, -0.05) is 66.2 Å². The predicted molar refractivity (Wildman–Crippen MR) is 143 cm³/mol. The van der Waals surface area contributed by atoms with Gasteiger partial charge in [0.15, 0.2) is 0 Å². The number of rotatable bonds is 8. The number of carbonyl (C=O) groups is 1. The van der Waals surface area contributed by atoms with Crippen LogP contribution in [0.2, 0.25) is 5.02 Å². The van der Waals surface area contributed by atoms with Gasteiger partial charge in [0.05, 0.1) is 4.90 Å². The number of benzene rings is 4. The van der Waals surface area contributed by atoms with Gasteiger partial charge in [-0.05, 0) is 71.6 Å². The molecule has 1 aliphatic rings. The molecule has 0 aliphatic heterocycles. The lowest BCUT2D eigenvalue weighted by atomic mass is 10.1. The molecule has 6 nitrogen and oxygen atoms in total. The number of nitrogens with zero attached hydrogens (tertiary/aromatic N) is 1. The van der Waals surface area contributed by atoms with E-state index in [-0.39, 0.29) is 11.3 Å². The lowest BCUT2D eigenvalue weighted by Gasteiger charge is -2.25. The van der Waals surface area contributed by atoms with E-state index in [1.165, 1.54) is 19.2 Å². The smallest absolute Gasteiger partial charge is 0.325 e. The third-order valence-electron chi connectivity index (χ3n) is 6.79. The summed E-state index contributed by atoms with van der Waals surface area (Å²) in [7, 11) is -2.75. The van der Waals surface area contributed by atoms with E-state index in [4.69, 9.17) is 16.3 Å². The second-order valence-corrected chi connectivity index (χ2v) is 11.4. The molecule has 4 aromatic carbocycles. The minimum absolute atomic E-state index is 0.0279. The number of ether oxygens (including phenoxy) is 1. The molecule has 0 amide bonds. The largest absolute Gasteiger partial charge is 0.480 e. The van der Waals surface area contributed by atoms with Gasteiger partial charge >= 0.3 is 5.97 Å². The molecule has 0 saturated heterocycles. The van der Waals surface area contributed by atoms with Gasteiger partial charge in [-0.3, -0.25) is 4.79 Å². The Morgan fingerprint density at radius 1 is 0.892 bits per heavy atom. The summed E-state index contributed by atoms with van der Waals surface area (Å²) in [6.07, 6.45) is 0.162. The van der Waals surface area contributed by atoms with Gasteiger partial charge in [0.25, 0.3) is 0 Å². The summed E-state index contributed by atoms with van der Waals surface area (Å²) in [6, 6.07) is 30.0. The van der Waals surface area contributed by atoms with Crippen LogP contribution in [0.3, 0.4) is 0 Å². The molecule has 0 heterocycles. The van der Waals surface area contributed by atoms with Crippen LogP contribution in [0.4, 0.5) is 0 Å². The highest BCUT2D eigenvalue weighted by atomic mass is 35.5. The summed E-state index contributed by atoms with van der Waals surface area (Å²) in [6.45, 7) is 0. The first-order valence-electron chi connectivity index (χ1n) is 11.6. The number of hydrogen-bond acceptors (Lipinski definition) is 4. The first kappa shape index (κ1) is 25.0. The molecule has 37 heavy (non-hydrogen) atoms. The molecule has 1 fully saturated rings. The minimum atomic E-state index is -4.08. The van der Waals surface area contributed by atoms with Gasteiger partial charge in [0, 0.05) is 18.0 Å². The van der Waals surface area contributed by atoms with E-state index in [0.29, 0.717) is 22.1 Å². The van der Waals surface area contributed by atoms with Crippen molar-refractivity contribution in [2.75, 3.05) is 7.05 Å². The van der Waals surface area contributed by atoms with Crippen LogP contribution in [-0.2, 0) is 14.8 Å². The topological polar surface area (TPSA) is 83.9 Å². The van der Waals surface area contributed by atoms with Crippen LogP contribution in [0.25, 0.3) is 11.1 Å². The SMILES string of the molecule is CN([C@]1(C(=O)O)C[C@H]1c1cccc(Oc2ccccc2)c1)S(=O)(=O)c1ccc(-c2ccc(Cl)cc2)cc1. The molecule has 1 N–H and O–H groups in total. The molecule has 5 rings (SSSR count). The number of likely N-dealkylation sites (N-methyl/N-ethyl adjacent to an activating group) is 1. The van der Waals surface area contributed by atoms with Crippen molar-refractivity contribution in [3.8, 4) is 22.6 Å². The highest BCUT2D eigenvalue weighted by molar-refractivity contribution is 7.89. The Labute approximate surface area is 220 Å². The summed E-state index contributed by atoms with van der Waals surface area (Å²) in [5.41, 5.74) is 0.837. The van der Waals surface area contributed by atoms with Crippen LogP contribution < -0.4 is 4.74 Å². The van der Waals surface area contributed by atoms with Gasteiger partial charge in [0.2, 0.25) is 10.0 Å². The second-order valence-electron chi connectivity index (χ2n) is 8.98. The molecule has 0 aromatic heterocycles. The van der Waals surface area contributed by atoms with E-state index in [1.54, 1.807) is 48.5 Å². The predicted octanol–water partition coefficient (Wildman–Crippen LogP) is 6.43. The van der Waals surface area contributed by atoms with Crippen molar-refractivity contribution in [2.24, 2.45) is 0 Å². The van der Waals surface area contributed by atoms with Gasteiger partial charge < -0.3 is 9.84 Å². The number of sulfonamides is 1. The molecule has 4 aromatic rings. The van der Waals surface area contributed by atoms with Gasteiger partial charge in [0.1, 0.15) is 17.0 Å². The first-order chi connectivity index (χ1) is 17.7. The molecular formula is C29H24ClNO5S. The Bertz CT molecular complexity index is 1540. The molecule has 0 unspecified atom stereocenters. The fraction of sp³-hybridized carbons (Fsp3) is 0.138. The minimum Gasteiger partial charge on any atom is -0.480 e. The first-order valence-corrected chi connectivity index (χ1v) is 13.4. The second kappa shape index (κ2) is 9.67. The van der Waals surface area contributed by atoms with Gasteiger partial charge in [-0.25, -0.2) is 8.42 Å². The van der Waals surface area contributed by atoms with Crippen molar-refractivity contribution < 1.29 is 23.1 Å². The number of para-hydroxylation sites is 1. The van der Waals surface area contributed by atoms with Crippen molar-refractivity contribution in [3.63, 3.8) is 0 Å². The van der Waals surface area contributed by atoms with Gasteiger partial charge in [-0.15, -0.1) is 0 Å². The van der Waals surface area contributed by atoms with Crippen molar-refractivity contribution in [2.45, 2.75) is 22.8 Å². The Morgan fingerprint density at radius 2 is 1.49 bits per heavy atom. The van der Waals surface area contributed by atoms with Crippen molar-refractivity contribution in [1.29, 1.82) is 0 Å². The summed E-state index contributed by atoms with van der Waals surface area (Å²) in [5.74, 6) is -0.493. The van der Waals surface area contributed by atoms with Crippen LogP contribution >= 0.6 is 11.6 Å². The third-order valence-corrected chi connectivity index (χ3v) is 8.96. The van der Waals surface area contributed by atoms with Crippen molar-refractivity contribution in [3.05, 3.63) is 114 Å². The van der Waals surface area contributed by atoms with E-state index in [9.17, 15) is 18.3 Å². The zero-order valence-electron chi connectivity index (χ0n) is 19.9. The average Bonchev–Trinajstić information content (AvgIpc) is 3.67. The summed E-state index contributed by atoms with van der Waals surface area (Å²) in [4.78, 5) is 12.5. The Morgan fingerprint density at radius 3 is 2.11 bits per heavy atom. The van der Waals surface area contributed by atoms with E-state index in [0.717, 1.165) is 15.4 Å². The average molecular weight is 534 g/mol. The Hall–Kier alpha value is -3.65. The van der Waals surface area contributed by atoms with Crippen LogP contribution in [0.5, 0.6) is 11.5 Å². The highest BCUT2D eigenvalue weighted by Gasteiger charge is 2.66. The Kier molecular flexibility index (Phi) is 6.54. The molecule has 188 valence electrons. The van der Waals surface area contributed by atoms with Gasteiger partial charge in [-0.2, -0.15) is 4.31 Å². The normalized spacial score (nSPS) is 18.9. The molecule has 0 radical (unpaired) electrons. The maximum Gasteiger partial charge on any atom is 0.325 e. The maximum absolute atomic E-state index is 13.5. The van der Waals surface area contributed by atoms with Crippen molar-refractivity contribution >= 4 is 27.6 Å². The van der Waals surface area contributed by atoms with Crippen LogP contribution in [0, 0.1) is 0 Å². The standard InChI is InChI=1S/C29H24ClNO5S/c1-31(37(34,35)26-16-12-21(13-17-26)20-10-14-23(30)15-11-20)29(28(32)33)19-27(29)22-6-5-9-25(18-22)36-24-7-3-2-4-8-24/h2-18,27H,19H2,1H3,(H,32,33)/t27-,29+/m0/s1. The summed E-state index contributed by atoms with van der Waals surface area (Å²) in [5, 5.41) is 10.8. The molecule has 1 saturated carbocycles. The van der Waals surface area contributed by atoms with Crippen LogP contribution in [0.1, 0.15) is 17.9 Å². The zero-order chi connectivity index (χ0) is 26.2. The lowest BCUT2D eigenvalue weighted by Crippen LogP contribution is -2.45. The number of aliphatic carboxylic acids is 1. The van der Waals surface area contributed by atoms with Crippen molar-refractivity contribution in [1.82, 2.24) is 4.31 Å². The monoisotopic (exact) mass is 533 g/mol. The fourth-order valence-electron chi connectivity index (χ4n) is 4.62. The highest BCUT2D eigenvalue weighted by Crippen LogP contribution is 2.57. The van der Waals surface area contributed by atoms with E-state index in [2.05, 4.69) is 0 Å². The maximum atomic E-state index is 13.5. The fourth-order valence-corrected chi connectivity index (χ4v) is 6.25. The molecule has 8 heteroatoms. The third kappa shape index (κ3) is 4.73. The number of halogens is 1. The zero-order valence-corrected chi connectivity index (χ0v) is 21.5. The summed E-state index contributed by atoms with van der Waals surface area (Å²) < 4.78 is 33.9. The molecular weight excluding hydrogens is 510 g/mol. The summed E-state index contributed by atoms with van der Waals surface area (Å²) >= 11 is 5.95. The van der Waals surface area contributed by atoms with E-state index >= 15 is 0 Å². The number of hydrogen-bond donors (Lipinski definition) is 1. The van der Waals surface area contributed by atoms with Crippen LogP contribution in [0.15, 0.2) is 108 Å².